The predicted octanol–water partition coefficient (Wildman–Crippen LogP) is 2.93. The maximum atomic E-state index is 11.4. The molecule has 0 radical (unpaired) electrons. The van der Waals surface area contributed by atoms with Crippen molar-refractivity contribution in [2.24, 2.45) is 11.8 Å². The number of nitriles is 1. The summed E-state index contributed by atoms with van der Waals surface area (Å²) in [7, 11) is 0. The van der Waals surface area contributed by atoms with Crippen molar-refractivity contribution in [3.05, 3.63) is 0 Å². The van der Waals surface area contributed by atoms with Crippen LogP contribution in [0.4, 0.5) is 0 Å². The molecule has 0 bridgehead atoms. The van der Waals surface area contributed by atoms with Crippen molar-refractivity contribution in [1.82, 2.24) is 0 Å². The molecule has 0 fully saturated rings. The highest BCUT2D eigenvalue weighted by molar-refractivity contribution is 5.80. The number of Topliss-reactive ketones (excluding diaryl/α,β-unsaturated/α-hetero) is 1. The van der Waals surface area contributed by atoms with Gasteiger partial charge in [-0.2, -0.15) is 5.26 Å². The number of hydrogen-bond acceptors (Lipinski definition) is 2. The van der Waals surface area contributed by atoms with Crippen molar-refractivity contribution in [2.75, 3.05) is 0 Å². The van der Waals surface area contributed by atoms with Gasteiger partial charge in [-0.3, -0.25) is 4.79 Å². The van der Waals surface area contributed by atoms with Crippen molar-refractivity contribution in [3.8, 4) is 6.07 Å². The molecule has 0 amide bonds. The molecule has 13 heavy (non-hydrogen) atoms. The molecule has 0 N–H and O–H groups in total. The Labute approximate surface area is 80.9 Å². The van der Waals surface area contributed by atoms with Crippen LogP contribution < -0.4 is 0 Å². The maximum Gasteiger partial charge on any atom is 0.135 e. The zero-order chi connectivity index (χ0) is 10.3. The molecule has 0 heterocycles. The third-order valence-corrected chi connectivity index (χ3v) is 2.25. The van der Waals surface area contributed by atoms with E-state index in [0.29, 0.717) is 18.6 Å². The molecule has 2 unspecified atom stereocenters. The molecule has 2 nitrogen and oxygen atoms in total. The van der Waals surface area contributed by atoms with Gasteiger partial charge in [0.05, 0.1) is 6.07 Å². The third-order valence-electron chi connectivity index (χ3n) is 2.25. The highest BCUT2D eigenvalue weighted by atomic mass is 16.1. The van der Waals surface area contributed by atoms with E-state index in [0.717, 1.165) is 12.8 Å². The first-order valence-electron chi connectivity index (χ1n) is 5.04. The molecule has 0 saturated carbocycles. The van der Waals surface area contributed by atoms with Crippen LogP contribution in [0.25, 0.3) is 0 Å². The van der Waals surface area contributed by atoms with Crippen LogP contribution in [-0.4, -0.2) is 5.78 Å². The van der Waals surface area contributed by atoms with E-state index in [4.69, 9.17) is 5.26 Å². The zero-order valence-electron chi connectivity index (χ0n) is 8.84. The third kappa shape index (κ3) is 5.41. The van der Waals surface area contributed by atoms with Crippen LogP contribution in [0.1, 0.15) is 46.5 Å². The summed E-state index contributed by atoms with van der Waals surface area (Å²) < 4.78 is 0. The lowest BCUT2D eigenvalue weighted by Gasteiger charge is -2.10. The summed E-state index contributed by atoms with van der Waals surface area (Å²) >= 11 is 0. The van der Waals surface area contributed by atoms with Gasteiger partial charge in [0.15, 0.2) is 0 Å². The van der Waals surface area contributed by atoms with Gasteiger partial charge in [-0.05, 0) is 19.8 Å². The molecule has 0 rings (SSSR count). The van der Waals surface area contributed by atoms with Gasteiger partial charge in [-0.1, -0.05) is 20.3 Å². The number of rotatable bonds is 6. The van der Waals surface area contributed by atoms with Crippen LogP contribution in [0.2, 0.25) is 0 Å². The van der Waals surface area contributed by atoms with Crippen LogP contribution in [0, 0.1) is 23.2 Å². The lowest BCUT2D eigenvalue weighted by molar-refractivity contribution is -0.122. The quantitative estimate of drug-likeness (QED) is 0.632. The highest BCUT2D eigenvalue weighted by Crippen LogP contribution is 2.14. The fourth-order valence-corrected chi connectivity index (χ4v) is 1.31. The Bertz CT molecular complexity index is 193. The second kappa shape index (κ2) is 6.65. The van der Waals surface area contributed by atoms with Crippen LogP contribution in [0.15, 0.2) is 0 Å². The van der Waals surface area contributed by atoms with Crippen molar-refractivity contribution in [3.63, 3.8) is 0 Å². The standard InChI is InChI=1S/C11H19NO/c1-4-5-6-11(13)10(3)7-9(2)8-12/h9-10H,4-7H2,1-3H3. The van der Waals surface area contributed by atoms with E-state index in [1.54, 1.807) is 0 Å². The Morgan fingerprint density at radius 3 is 2.54 bits per heavy atom. The Morgan fingerprint density at radius 2 is 2.08 bits per heavy atom. The fourth-order valence-electron chi connectivity index (χ4n) is 1.31. The summed E-state index contributed by atoms with van der Waals surface area (Å²) in [4.78, 5) is 11.4. The first kappa shape index (κ1) is 12.2. The van der Waals surface area contributed by atoms with E-state index in [2.05, 4.69) is 13.0 Å². The van der Waals surface area contributed by atoms with E-state index in [1.165, 1.54) is 0 Å². The summed E-state index contributed by atoms with van der Waals surface area (Å²) in [6.07, 6.45) is 3.42. The smallest absolute Gasteiger partial charge is 0.135 e. The molecule has 0 aromatic heterocycles. The Kier molecular flexibility index (Phi) is 6.22. The molecule has 0 aromatic carbocycles. The van der Waals surface area contributed by atoms with E-state index < -0.39 is 0 Å². The molecule has 0 spiro atoms. The Balaban J connectivity index is 3.77. The molecular formula is C11H19NO. The summed E-state index contributed by atoms with van der Waals surface area (Å²) in [6.45, 7) is 5.87. The van der Waals surface area contributed by atoms with Gasteiger partial charge in [0, 0.05) is 18.3 Å². The minimum absolute atomic E-state index is 0.000534. The largest absolute Gasteiger partial charge is 0.299 e. The number of nitrogens with zero attached hydrogens (tertiary/aromatic N) is 1. The van der Waals surface area contributed by atoms with E-state index >= 15 is 0 Å². The first-order valence-corrected chi connectivity index (χ1v) is 5.04. The van der Waals surface area contributed by atoms with Gasteiger partial charge in [0.1, 0.15) is 5.78 Å². The van der Waals surface area contributed by atoms with E-state index in [9.17, 15) is 4.79 Å². The molecule has 0 aromatic rings. The second-order valence-electron chi connectivity index (χ2n) is 3.74. The number of hydrogen-bond donors (Lipinski definition) is 0. The van der Waals surface area contributed by atoms with Crippen LogP contribution in [-0.2, 0) is 4.79 Å². The van der Waals surface area contributed by atoms with E-state index in [-0.39, 0.29) is 11.8 Å². The van der Waals surface area contributed by atoms with Gasteiger partial charge in [-0.15, -0.1) is 0 Å². The van der Waals surface area contributed by atoms with Crippen LogP contribution in [0.5, 0.6) is 0 Å². The normalized spacial score (nSPS) is 14.6. The van der Waals surface area contributed by atoms with Crippen molar-refractivity contribution in [1.29, 1.82) is 5.26 Å². The highest BCUT2D eigenvalue weighted by Gasteiger charge is 2.14. The molecule has 0 aliphatic carbocycles. The van der Waals surface area contributed by atoms with Crippen LogP contribution in [0.3, 0.4) is 0 Å². The van der Waals surface area contributed by atoms with Gasteiger partial charge < -0.3 is 0 Å². The number of unbranched alkanes of at least 4 members (excludes halogenated alkanes) is 1. The molecule has 0 saturated heterocycles. The van der Waals surface area contributed by atoms with Crippen molar-refractivity contribution >= 4 is 5.78 Å². The second-order valence-corrected chi connectivity index (χ2v) is 3.74. The monoisotopic (exact) mass is 181 g/mol. The van der Waals surface area contributed by atoms with Crippen molar-refractivity contribution in [2.45, 2.75) is 46.5 Å². The van der Waals surface area contributed by atoms with E-state index in [1.807, 2.05) is 13.8 Å². The van der Waals surface area contributed by atoms with Crippen LogP contribution >= 0.6 is 0 Å². The lowest BCUT2D eigenvalue weighted by Crippen LogP contribution is -2.13. The fraction of sp³-hybridized carbons (Fsp3) is 0.818. The van der Waals surface area contributed by atoms with Gasteiger partial charge >= 0.3 is 0 Å². The molecular weight excluding hydrogens is 162 g/mol. The molecule has 0 aliphatic heterocycles. The molecule has 2 atom stereocenters. The zero-order valence-corrected chi connectivity index (χ0v) is 8.84. The van der Waals surface area contributed by atoms with Crippen molar-refractivity contribution < 1.29 is 4.79 Å². The minimum Gasteiger partial charge on any atom is -0.299 e. The molecule has 0 aliphatic rings. The lowest BCUT2D eigenvalue weighted by atomic mass is 9.92. The Morgan fingerprint density at radius 1 is 1.46 bits per heavy atom. The first-order chi connectivity index (χ1) is 6.11. The molecule has 74 valence electrons. The number of carbonyl (C=O) groups is 1. The summed E-state index contributed by atoms with van der Waals surface area (Å²) in [5.74, 6) is 0.366. The summed E-state index contributed by atoms with van der Waals surface area (Å²) in [6, 6.07) is 2.15. The van der Waals surface area contributed by atoms with Gasteiger partial charge in [-0.25, -0.2) is 0 Å². The van der Waals surface area contributed by atoms with Gasteiger partial charge in [0.2, 0.25) is 0 Å². The maximum absolute atomic E-state index is 11.4. The number of ketones is 1. The average molecular weight is 181 g/mol. The molecule has 2 heteroatoms. The topological polar surface area (TPSA) is 40.9 Å². The predicted molar refractivity (Wildman–Crippen MR) is 53.1 cm³/mol. The number of carbonyl (C=O) groups excluding carboxylic acids is 1. The summed E-state index contributed by atoms with van der Waals surface area (Å²) in [5, 5.41) is 8.58. The Hall–Kier alpha value is -0.840. The average Bonchev–Trinajstić information content (AvgIpc) is 2.13. The van der Waals surface area contributed by atoms with Gasteiger partial charge in [0.25, 0.3) is 0 Å². The summed E-state index contributed by atoms with van der Waals surface area (Å²) in [5.41, 5.74) is 0. The minimum atomic E-state index is 0.000534. The SMILES string of the molecule is CCCCC(=O)C(C)CC(C)C#N.